The Morgan fingerprint density at radius 1 is 1.14 bits per heavy atom. The molecule has 0 N–H and O–H groups in total. The van der Waals surface area contributed by atoms with Crippen LogP contribution in [0.2, 0.25) is 0 Å². The highest BCUT2D eigenvalue weighted by Gasteiger charge is 2.65. The first-order valence-corrected chi connectivity index (χ1v) is 12.7. The molecule has 0 saturated heterocycles. The Kier molecular flexibility index (Phi) is 5.78. The van der Waals surface area contributed by atoms with Gasteiger partial charge in [0.1, 0.15) is 11.6 Å². The third-order valence-corrected chi connectivity index (χ3v) is 9.20. The summed E-state index contributed by atoms with van der Waals surface area (Å²) in [5.74, 6) is 5.18. The maximum absolute atomic E-state index is 14.8. The fraction of sp³-hybridized carbons (Fsp3) is 0.533. The van der Waals surface area contributed by atoms with Gasteiger partial charge in [-0.15, -0.1) is 5.92 Å². The number of ether oxygens (including phenoxy) is 1. The van der Waals surface area contributed by atoms with E-state index in [2.05, 4.69) is 18.8 Å². The third kappa shape index (κ3) is 3.60. The molecule has 5 rings (SSSR count). The zero-order valence-corrected chi connectivity index (χ0v) is 20.9. The summed E-state index contributed by atoms with van der Waals surface area (Å²) in [5.41, 5.74) is 2.78. The number of benzene rings is 1. The summed E-state index contributed by atoms with van der Waals surface area (Å²) in [6, 6.07) is 2.94. The lowest BCUT2D eigenvalue weighted by Crippen LogP contribution is -2.53. The number of halogens is 2. The molecule has 0 spiro atoms. The van der Waals surface area contributed by atoms with Crippen molar-refractivity contribution >= 4 is 11.8 Å². The Morgan fingerprint density at radius 3 is 2.51 bits per heavy atom. The summed E-state index contributed by atoms with van der Waals surface area (Å²) in [4.78, 5) is 24.4. The number of rotatable bonds is 2. The smallest absolute Gasteiger partial charge is 0.304 e. The van der Waals surface area contributed by atoms with Gasteiger partial charge in [-0.25, -0.2) is 8.78 Å². The molecule has 1 aromatic carbocycles. The number of hydrogen-bond acceptors (Lipinski definition) is 3. The molecule has 3 nitrogen and oxygen atoms in total. The Morgan fingerprint density at radius 2 is 1.86 bits per heavy atom. The van der Waals surface area contributed by atoms with Crippen LogP contribution in [0.5, 0.6) is 0 Å². The van der Waals surface area contributed by atoms with Gasteiger partial charge in [-0.3, -0.25) is 9.59 Å². The number of esters is 1. The van der Waals surface area contributed by atoms with E-state index in [0.717, 1.165) is 24.8 Å². The maximum Gasteiger partial charge on any atom is 0.304 e. The minimum Gasteiger partial charge on any atom is -0.445 e. The molecule has 4 aliphatic carbocycles. The first-order chi connectivity index (χ1) is 16.6. The van der Waals surface area contributed by atoms with Crippen molar-refractivity contribution in [3.8, 4) is 11.8 Å². The molecule has 184 valence electrons. The summed E-state index contributed by atoms with van der Waals surface area (Å²) >= 11 is 0. The summed E-state index contributed by atoms with van der Waals surface area (Å²) in [5, 5.41) is 0. The fourth-order valence-electron chi connectivity index (χ4n) is 7.66. The molecular formula is C30H32F2O3. The minimum atomic E-state index is -0.923. The lowest BCUT2D eigenvalue weighted by Gasteiger charge is -2.54. The van der Waals surface area contributed by atoms with E-state index in [-0.39, 0.29) is 35.1 Å². The van der Waals surface area contributed by atoms with Gasteiger partial charge in [0.15, 0.2) is 11.4 Å². The van der Waals surface area contributed by atoms with Crippen LogP contribution in [-0.4, -0.2) is 17.4 Å². The van der Waals surface area contributed by atoms with Crippen molar-refractivity contribution in [2.75, 3.05) is 0 Å². The van der Waals surface area contributed by atoms with Crippen LogP contribution in [0.4, 0.5) is 8.78 Å². The molecule has 4 aliphatic rings. The van der Waals surface area contributed by atoms with Gasteiger partial charge in [-0.2, -0.15) is 0 Å². The Bertz CT molecular complexity index is 1220. The second-order valence-electron chi connectivity index (χ2n) is 10.9. The lowest BCUT2D eigenvalue weighted by atomic mass is 9.51. The summed E-state index contributed by atoms with van der Waals surface area (Å²) in [6.07, 6.45) is 6.74. The fourth-order valence-corrected chi connectivity index (χ4v) is 7.66. The Hall–Kier alpha value is -2.74. The lowest BCUT2D eigenvalue weighted by molar-refractivity contribution is -0.164. The number of fused-ring (bicyclic) bond motifs is 4. The average Bonchev–Trinajstić information content (AvgIpc) is 3.07. The Balaban J connectivity index is 1.73. The van der Waals surface area contributed by atoms with Crippen molar-refractivity contribution in [3.63, 3.8) is 0 Å². The van der Waals surface area contributed by atoms with Gasteiger partial charge in [0, 0.05) is 30.2 Å². The summed E-state index contributed by atoms with van der Waals surface area (Å²) in [7, 11) is 0. The summed E-state index contributed by atoms with van der Waals surface area (Å²) in [6.45, 7) is 6.79. The van der Waals surface area contributed by atoms with Crippen LogP contribution >= 0.6 is 0 Å². The van der Waals surface area contributed by atoms with Crippen molar-refractivity contribution in [1.29, 1.82) is 0 Å². The predicted octanol–water partition coefficient (Wildman–Crippen LogP) is 6.50. The van der Waals surface area contributed by atoms with Crippen LogP contribution in [0.3, 0.4) is 0 Å². The van der Waals surface area contributed by atoms with Crippen molar-refractivity contribution in [2.45, 2.75) is 84.2 Å². The molecule has 5 atom stereocenters. The molecule has 2 fully saturated rings. The number of allylic oxidation sites excluding steroid dienone is 4. The minimum absolute atomic E-state index is 0.0160. The van der Waals surface area contributed by atoms with Gasteiger partial charge in [0.25, 0.3) is 0 Å². The predicted molar refractivity (Wildman–Crippen MR) is 129 cm³/mol. The van der Waals surface area contributed by atoms with Gasteiger partial charge in [-0.1, -0.05) is 18.4 Å². The van der Waals surface area contributed by atoms with Crippen LogP contribution in [0, 0.1) is 47.6 Å². The molecule has 5 heteroatoms. The molecular weight excluding hydrogens is 446 g/mol. The van der Waals surface area contributed by atoms with E-state index < -0.39 is 22.7 Å². The second kappa shape index (κ2) is 8.43. The topological polar surface area (TPSA) is 43.4 Å². The standard InChI is InChI=1S/C30H32F2O3/c1-5-11-30(35-18(3)33)12-10-25-23-8-6-19-13-21(34)7-9-22(19)28(23)24(16-29(25,30)4)20-14-26(31)17(2)27(32)15-20/h13-15,23-25H,6-10,12,16H2,1-4H3/t23-,24+,25-,29-,30-/m0/s1. The molecule has 0 bridgehead atoms. The van der Waals surface area contributed by atoms with E-state index in [1.54, 1.807) is 13.0 Å². The summed E-state index contributed by atoms with van der Waals surface area (Å²) < 4.78 is 35.6. The van der Waals surface area contributed by atoms with E-state index in [0.29, 0.717) is 31.2 Å². The normalized spacial score (nSPS) is 33.7. The molecule has 1 aromatic rings. The van der Waals surface area contributed by atoms with Crippen LogP contribution in [0.1, 0.15) is 82.8 Å². The van der Waals surface area contributed by atoms with Crippen molar-refractivity contribution < 1.29 is 23.1 Å². The number of carbonyl (C=O) groups is 2. The molecule has 0 amide bonds. The Labute approximate surface area is 206 Å². The first kappa shape index (κ1) is 24.0. The van der Waals surface area contributed by atoms with Crippen LogP contribution in [0.25, 0.3) is 0 Å². The van der Waals surface area contributed by atoms with Crippen LogP contribution in [0.15, 0.2) is 34.9 Å². The van der Waals surface area contributed by atoms with Gasteiger partial charge in [0.05, 0.1) is 0 Å². The number of hydrogen-bond donors (Lipinski definition) is 0. The zero-order chi connectivity index (χ0) is 25.1. The highest BCUT2D eigenvalue weighted by molar-refractivity contribution is 5.93. The molecule has 0 radical (unpaired) electrons. The van der Waals surface area contributed by atoms with Gasteiger partial charge in [0.2, 0.25) is 0 Å². The van der Waals surface area contributed by atoms with E-state index in [1.807, 2.05) is 0 Å². The molecule has 0 heterocycles. The molecule has 35 heavy (non-hydrogen) atoms. The average molecular weight is 479 g/mol. The highest BCUT2D eigenvalue weighted by Crippen LogP contribution is 2.67. The van der Waals surface area contributed by atoms with Crippen LogP contribution in [-0.2, 0) is 14.3 Å². The van der Waals surface area contributed by atoms with E-state index in [9.17, 15) is 18.4 Å². The monoisotopic (exact) mass is 478 g/mol. The molecule has 0 aliphatic heterocycles. The molecule has 0 aromatic heterocycles. The van der Waals surface area contributed by atoms with Crippen LogP contribution < -0.4 is 0 Å². The van der Waals surface area contributed by atoms with Gasteiger partial charge < -0.3 is 4.74 Å². The molecule has 2 saturated carbocycles. The maximum atomic E-state index is 14.8. The molecule has 0 unspecified atom stereocenters. The van der Waals surface area contributed by atoms with E-state index in [4.69, 9.17) is 4.74 Å². The van der Waals surface area contributed by atoms with Crippen molar-refractivity contribution in [2.24, 2.45) is 17.3 Å². The van der Waals surface area contributed by atoms with Crippen molar-refractivity contribution in [1.82, 2.24) is 0 Å². The largest absolute Gasteiger partial charge is 0.445 e. The van der Waals surface area contributed by atoms with Crippen molar-refractivity contribution in [3.05, 3.63) is 57.7 Å². The van der Waals surface area contributed by atoms with E-state index >= 15 is 0 Å². The zero-order valence-electron chi connectivity index (χ0n) is 20.9. The van der Waals surface area contributed by atoms with Gasteiger partial charge in [-0.05, 0) is 99.1 Å². The number of carbonyl (C=O) groups excluding carboxylic acids is 2. The van der Waals surface area contributed by atoms with E-state index in [1.165, 1.54) is 37.1 Å². The second-order valence-corrected chi connectivity index (χ2v) is 10.9. The first-order valence-electron chi connectivity index (χ1n) is 12.7. The quantitative estimate of drug-likeness (QED) is 0.360. The van der Waals surface area contributed by atoms with Gasteiger partial charge >= 0.3 is 5.97 Å². The number of ketones is 1. The SMILES string of the molecule is CC#C[C@]1(OC(C)=O)CC[C@H]2[C@@H]3CCC4=CC(=O)CCC4=C3[C@@H](c3cc(F)c(C)c(F)c3)C[C@@]21C. The third-order valence-electron chi connectivity index (χ3n) is 9.20. The highest BCUT2D eigenvalue weighted by atomic mass is 19.1.